The molecule has 0 aliphatic carbocycles. The van der Waals surface area contributed by atoms with Crippen LogP contribution in [0, 0.1) is 13.8 Å². The zero-order valence-electron chi connectivity index (χ0n) is 16.2. The highest BCUT2D eigenvalue weighted by Crippen LogP contribution is 2.27. The Kier molecular flexibility index (Phi) is 5.23. The average Bonchev–Trinajstić information content (AvgIpc) is 3.09. The van der Waals surface area contributed by atoms with Crippen LogP contribution in [0.25, 0.3) is 10.2 Å². The normalized spacial score (nSPS) is 11.4. The average molecular weight is 439 g/mol. The number of carbonyl (C=O) groups excluding carboxylic acids is 1. The maximum atomic E-state index is 12.6. The molecule has 4 aromatic rings. The number of nitrogens with zero attached hydrogens (tertiary/aromatic N) is 2. The number of carbonyl (C=O) groups is 1. The van der Waals surface area contributed by atoms with Gasteiger partial charge in [-0.1, -0.05) is 35.1 Å². The Balaban J connectivity index is 1.53. The molecule has 0 unspecified atom stereocenters. The highest BCUT2D eigenvalue weighted by Gasteiger charge is 2.16. The van der Waals surface area contributed by atoms with Crippen LogP contribution in [0.2, 0.25) is 0 Å². The first-order chi connectivity index (χ1) is 14.3. The third-order valence-corrected chi connectivity index (χ3v) is 6.67. The molecule has 30 heavy (non-hydrogen) atoms. The number of hydrogen-bond acceptors (Lipinski definition) is 6. The molecule has 2 aromatic carbocycles. The van der Waals surface area contributed by atoms with Crippen LogP contribution in [-0.4, -0.2) is 24.3 Å². The second-order valence-electron chi connectivity index (χ2n) is 6.79. The summed E-state index contributed by atoms with van der Waals surface area (Å²) in [6.07, 6.45) is 1.38. The van der Waals surface area contributed by atoms with Gasteiger partial charge in [0.25, 0.3) is 15.9 Å². The van der Waals surface area contributed by atoms with Crippen molar-refractivity contribution >= 4 is 48.3 Å². The molecular weight excluding hydrogens is 420 g/mol. The number of aryl methyl sites for hydroxylation is 2. The Morgan fingerprint density at radius 3 is 2.47 bits per heavy atom. The van der Waals surface area contributed by atoms with E-state index in [1.807, 2.05) is 32.0 Å². The molecule has 0 saturated carbocycles. The molecule has 2 aromatic heterocycles. The summed E-state index contributed by atoms with van der Waals surface area (Å²) in [4.78, 5) is 21.2. The minimum absolute atomic E-state index is 0.0783. The Bertz CT molecular complexity index is 1350. The largest absolute Gasteiger partial charge is 0.296 e. The molecule has 0 aliphatic heterocycles. The van der Waals surface area contributed by atoms with Crippen LogP contribution in [0.5, 0.6) is 0 Å². The van der Waals surface area contributed by atoms with E-state index in [0.29, 0.717) is 5.13 Å². The summed E-state index contributed by atoms with van der Waals surface area (Å²) in [5, 5.41) is 3.18. The first-order valence-electron chi connectivity index (χ1n) is 9.04. The number of thiazole rings is 1. The third kappa shape index (κ3) is 4.32. The van der Waals surface area contributed by atoms with Crippen molar-refractivity contribution in [2.75, 3.05) is 10.0 Å². The van der Waals surface area contributed by atoms with Crippen LogP contribution in [-0.2, 0) is 10.0 Å². The number of pyridine rings is 1. The number of sulfonamides is 1. The van der Waals surface area contributed by atoms with E-state index < -0.39 is 15.9 Å². The van der Waals surface area contributed by atoms with Gasteiger partial charge in [0.2, 0.25) is 0 Å². The molecule has 0 saturated heterocycles. The van der Waals surface area contributed by atoms with E-state index >= 15 is 0 Å². The van der Waals surface area contributed by atoms with E-state index in [0.717, 1.165) is 21.3 Å². The number of hydrogen-bond donors (Lipinski definition) is 2. The maximum absolute atomic E-state index is 12.6. The van der Waals surface area contributed by atoms with Gasteiger partial charge < -0.3 is 0 Å². The highest BCUT2D eigenvalue weighted by atomic mass is 32.2. The smallest absolute Gasteiger partial charge is 0.276 e. The van der Waals surface area contributed by atoms with Gasteiger partial charge in [-0.15, -0.1) is 0 Å². The standard InChI is InChI=1S/C21H18N4O3S2/c1-13-3-6-16(7-4-13)30(27,28)25-15-9-10-22-18(12-15)20(26)24-21-23-17-8-5-14(2)11-19(17)29-21/h3-12H,1-2H3,(H,22,25)(H,23,24,26). The zero-order valence-corrected chi connectivity index (χ0v) is 17.8. The summed E-state index contributed by atoms with van der Waals surface area (Å²) in [5.41, 5.74) is 3.19. The summed E-state index contributed by atoms with van der Waals surface area (Å²) >= 11 is 1.36. The van der Waals surface area contributed by atoms with Crippen LogP contribution >= 0.6 is 11.3 Å². The molecule has 0 spiro atoms. The lowest BCUT2D eigenvalue weighted by atomic mass is 10.2. The van der Waals surface area contributed by atoms with Crippen molar-refractivity contribution in [2.24, 2.45) is 0 Å². The van der Waals surface area contributed by atoms with Gasteiger partial charge in [0, 0.05) is 6.20 Å². The summed E-state index contributed by atoms with van der Waals surface area (Å²) in [5.74, 6) is -0.470. The summed E-state index contributed by atoms with van der Waals surface area (Å²) in [6, 6.07) is 15.2. The van der Waals surface area contributed by atoms with E-state index in [1.165, 1.54) is 41.8 Å². The van der Waals surface area contributed by atoms with Crippen molar-refractivity contribution in [3.8, 4) is 0 Å². The molecule has 1 amide bonds. The van der Waals surface area contributed by atoms with Crippen molar-refractivity contribution < 1.29 is 13.2 Å². The highest BCUT2D eigenvalue weighted by molar-refractivity contribution is 7.92. The maximum Gasteiger partial charge on any atom is 0.276 e. The van der Waals surface area contributed by atoms with E-state index in [2.05, 4.69) is 20.0 Å². The Hall–Kier alpha value is -3.30. The van der Waals surface area contributed by atoms with E-state index in [-0.39, 0.29) is 16.3 Å². The molecule has 4 rings (SSSR count). The first-order valence-corrected chi connectivity index (χ1v) is 11.3. The van der Waals surface area contributed by atoms with Gasteiger partial charge in [-0.05, 0) is 55.8 Å². The second kappa shape index (κ2) is 7.85. The number of anilines is 2. The quantitative estimate of drug-likeness (QED) is 0.482. The number of aromatic nitrogens is 2. The molecule has 0 aliphatic rings. The van der Waals surface area contributed by atoms with Gasteiger partial charge in [-0.25, -0.2) is 13.4 Å². The van der Waals surface area contributed by atoms with E-state index in [9.17, 15) is 13.2 Å². The number of amides is 1. The SMILES string of the molecule is Cc1ccc(S(=O)(=O)Nc2ccnc(C(=O)Nc3nc4ccc(C)cc4s3)c2)cc1. The predicted molar refractivity (Wildman–Crippen MR) is 119 cm³/mol. The predicted octanol–water partition coefficient (Wildman–Crippen LogP) is 4.36. The second-order valence-corrected chi connectivity index (χ2v) is 9.51. The van der Waals surface area contributed by atoms with Crippen LogP contribution in [0.4, 0.5) is 10.8 Å². The first kappa shape index (κ1) is 20.0. The van der Waals surface area contributed by atoms with Gasteiger partial charge >= 0.3 is 0 Å². The van der Waals surface area contributed by atoms with Crippen molar-refractivity contribution in [3.05, 3.63) is 77.6 Å². The fraction of sp³-hybridized carbons (Fsp3) is 0.0952. The molecule has 0 fully saturated rings. The van der Waals surface area contributed by atoms with Crippen molar-refractivity contribution in [1.82, 2.24) is 9.97 Å². The van der Waals surface area contributed by atoms with Crippen molar-refractivity contribution in [2.45, 2.75) is 18.7 Å². The van der Waals surface area contributed by atoms with Gasteiger partial charge in [-0.2, -0.15) is 0 Å². The van der Waals surface area contributed by atoms with Gasteiger partial charge in [0.1, 0.15) is 5.69 Å². The van der Waals surface area contributed by atoms with Crippen LogP contribution in [0.3, 0.4) is 0 Å². The fourth-order valence-electron chi connectivity index (χ4n) is 2.80. The Morgan fingerprint density at radius 2 is 1.70 bits per heavy atom. The number of fused-ring (bicyclic) bond motifs is 1. The van der Waals surface area contributed by atoms with Crippen LogP contribution < -0.4 is 10.0 Å². The lowest BCUT2D eigenvalue weighted by molar-refractivity contribution is 0.102. The van der Waals surface area contributed by atoms with Gasteiger partial charge in [-0.3, -0.25) is 19.8 Å². The zero-order chi connectivity index (χ0) is 21.3. The molecule has 152 valence electrons. The van der Waals surface area contributed by atoms with Crippen molar-refractivity contribution in [1.29, 1.82) is 0 Å². The third-order valence-electron chi connectivity index (χ3n) is 4.34. The molecule has 0 bridgehead atoms. The molecule has 7 nitrogen and oxygen atoms in total. The van der Waals surface area contributed by atoms with Crippen LogP contribution in [0.1, 0.15) is 21.6 Å². The summed E-state index contributed by atoms with van der Waals surface area (Å²) < 4.78 is 28.6. The molecule has 2 N–H and O–H groups in total. The van der Waals surface area contributed by atoms with Gasteiger partial charge in [0.15, 0.2) is 5.13 Å². The summed E-state index contributed by atoms with van der Waals surface area (Å²) in [7, 11) is -3.77. The van der Waals surface area contributed by atoms with Crippen LogP contribution in [0.15, 0.2) is 65.7 Å². The topological polar surface area (TPSA) is 101 Å². The molecule has 0 radical (unpaired) electrons. The number of benzene rings is 2. The Morgan fingerprint density at radius 1 is 0.967 bits per heavy atom. The lowest BCUT2D eigenvalue weighted by Gasteiger charge is -2.09. The monoisotopic (exact) mass is 438 g/mol. The minimum atomic E-state index is -3.77. The van der Waals surface area contributed by atoms with E-state index in [4.69, 9.17) is 0 Å². The van der Waals surface area contributed by atoms with Crippen molar-refractivity contribution in [3.63, 3.8) is 0 Å². The Labute approximate surface area is 177 Å². The lowest BCUT2D eigenvalue weighted by Crippen LogP contribution is -2.16. The fourth-order valence-corrected chi connectivity index (χ4v) is 4.80. The minimum Gasteiger partial charge on any atom is -0.296 e. The van der Waals surface area contributed by atoms with Gasteiger partial charge in [0.05, 0.1) is 20.8 Å². The molecule has 9 heteroatoms. The molecular formula is C21H18N4O3S2. The molecule has 2 heterocycles. The molecule has 0 atom stereocenters. The number of rotatable bonds is 5. The number of nitrogens with one attached hydrogen (secondary N) is 2. The summed E-state index contributed by atoms with van der Waals surface area (Å²) in [6.45, 7) is 3.87. The van der Waals surface area contributed by atoms with E-state index in [1.54, 1.807) is 12.1 Å².